The van der Waals surface area contributed by atoms with Crippen LogP contribution in [0.15, 0.2) is 47.7 Å². The Morgan fingerprint density at radius 3 is 2.80 bits per heavy atom. The summed E-state index contributed by atoms with van der Waals surface area (Å²) in [5, 5.41) is 3.27. The van der Waals surface area contributed by atoms with Crippen LogP contribution in [0.25, 0.3) is 0 Å². The third-order valence-corrected chi connectivity index (χ3v) is 5.27. The van der Waals surface area contributed by atoms with Gasteiger partial charge in [0.05, 0.1) is 6.61 Å². The third-order valence-electron chi connectivity index (χ3n) is 5.27. The van der Waals surface area contributed by atoms with Gasteiger partial charge in [0.15, 0.2) is 5.96 Å². The molecule has 1 amide bonds. The van der Waals surface area contributed by atoms with Crippen molar-refractivity contribution in [3.63, 3.8) is 0 Å². The van der Waals surface area contributed by atoms with Gasteiger partial charge in [-0.2, -0.15) is 0 Å². The lowest BCUT2D eigenvalue weighted by Gasteiger charge is -2.31. The van der Waals surface area contributed by atoms with Crippen molar-refractivity contribution in [3.8, 4) is 0 Å². The fourth-order valence-electron chi connectivity index (χ4n) is 3.63. The molecule has 1 aromatic heterocycles. The highest BCUT2D eigenvalue weighted by Gasteiger charge is 2.23. The zero-order valence-electron chi connectivity index (χ0n) is 17.7. The highest BCUT2D eigenvalue weighted by Crippen LogP contribution is 2.11. The maximum Gasteiger partial charge on any atom is 0.409 e. The first-order valence-electron chi connectivity index (χ1n) is 10.7. The number of aliphatic imine (C=N–C) groups is 1. The number of carbonyl (C=O) groups is 1. The van der Waals surface area contributed by atoms with Gasteiger partial charge in [-0.15, -0.1) is 0 Å². The molecule has 8 heteroatoms. The first-order chi connectivity index (χ1) is 14.7. The summed E-state index contributed by atoms with van der Waals surface area (Å²) in [5.41, 5.74) is 7.43. The number of likely N-dealkylation sites (tertiary alicyclic amines) is 1. The van der Waals surface area contributed by atoms with E-state index in [0.29, 0.717) is 32.2 Å². The minimum Gasteiger partial charge on any atom is -0.450 e. The van der Waals surface area contributed by atoms with Crippen molar-refractivity contribution in [2.24, 2.45) is 10.7 Å². The molecule has 162 valence electrons. The van der Waals surface area contributed by atoms with Gasteiger partial charge in [0.1, 0.15) is 12.4 Å². The van der Waals surface area contributed by atoms with Gasteiger partial charge >= 0.3 is 6.09 Å². The molecule has 0 radical (unpaired) electrons. The van der Waals surface area contributed by atoms with Crippen LogP contribution in [0.5, 0.6) is 0 Å². The molecule has 0 atom stereocenters. The van der Waals surface area contributed by atoms with Crippen molar-refractivity contribution < 1.29 is 9.53 Å². The van der Waals surface area contributed by atoms with E-state index in [-0.39, 0.29) is 12.1 Å². The number of nitrogens with one attached hydrogen (secondary N) is 1. The number of hydrogen-bond donors (Lipinski definition) is 2. The molecule has 0 bridgehead atoms. The molecule has 1 aliphatic heterocycles. The number of nitrogens with zero attached hydrogens (tertiary/aromatic N) is 4. The van der Waals surface area contributed by atoms with Crippen molar-refractivity contribution in [3.05, 3.63) is 54.1 Å². The molecule has 2 aromatic rings. The zero-order valence-corrected chi connectivity index (χ0v) is 17.7. The second-order valence-corrected chi connectivity index (χ2v) is 7.43. The number of rotatable bonds is 8. The predicted molar refractivity (Wildman–Crippen MR) is 117 cm³/mol. The van der Waals surface area contributed by atoms with Crippen molar-refractivity contribution in [2.75, 3.05) is 19.7 Å². The first kappa shape index (κ1) is 21.7. The summed E-state index contributed by atoms with van der Waals surface area (Å²) in [6.45, 7) is 4.89. The SMILES string of the molecule is CCOC(=O)N1CCC(NC(N)=NCc2nccn2CCCc2ccccc2)CC1. The summed E-state index contributed by atoms with van der Waals surface area (Å²) in [4.78, 5) is 22.4. The lowest BCUT2D eigenvalue weighted by Crippen LogP contribution is -2.48. The van der Waals surface area contributed by atoms with E-state index in [0.717, 1.165) is 38.1 Å². The van der Waals surface area contributed by atoms with Crippen molar-refractivity contribution in [1.29, 1.82) is 0 Å². The summed E-state index contributed by atoms with van der Waals surface area (Å²) in [6.07, 6.45) is 7.29. The molecule has 3 N–H and O–H groups in total. The molecular formula is C22H32N6O2. The summed E-state index contributed by atoms with van der Waals surface area (Å²) in [7, 11) is 0. The van der Waals surface area contributed by atoms with Crippen molar-refractivity contribution in [2.45, 2.75) is 51.7 Å². The molecule has 1 fully saturated rings. The summed E-state index contributed by atoms with van der Waals surface area (Å²) < 4.78 is 7.19. The molecule has 0 spiro atoms. The highest BCUT2D eigenvalue weighted by atomic mass is 16.6. The van der Waals surface area contributed by atoms with E-state index in [1.165, 1.54) is 5.56 Å². The Hall–Kier alpha value is -3.03. The quantitative estimate of drug-likeness (QED) is 0.513. The number of guanidine groups is 1. The molecule has 3 rings (SSSR count). The van der Waals surface area contributed by atoms with Crippen LogP contribution in [0.4, 0.5) is 4.79 Å². The largest absolute Gasteiger partial charge is 0.450 e. The Labute approximate surface area is 178 Å². The molecule has 1 saturated heterocycles. The number of aromatic nitrogens is 2. The van der Waals surface area contributed by atoms with Gasteiger partial charge in [0.25, 0.3) is 0 Å². The van der Waals surface area contributed by atoms with Crippen LogP contribution in [0.3, 0.4) is 0 Å². The lowest BCUT2D eigenvalue weighted by molar-refractivity contribution is 0.0963. The van der Waals surface area contributed by atoms with Gasteiger partial charge in [0, 0.05) is 38.1 Å². The van der Waals surface area contributed by atoms with E-state index < -0.39 is 0 Å². The summed E-state index contributed by atoms with van der Waals surface area (Å²) >= 11 is 0. The second-order valence-electron chi connectivity index (χ2n) is 7.43. The van der Waals surface area contributed by atoms with E-state index in [4.69, 9.17) is 10.5 Å². The van der Waals surface area contributed by atoms with Gasteiger partial charge in [-0.05, 0) is 38.2 Å². The zero-order chi connectivity index (χ0) is 21.2. The Balaban J connectivity index is 1.41. The number of imidazole rings is 1. The maximum absolute atomic E-state index is 11.8. The third kappa shape index (κ3) is 6.50. The number of amides is 1. The molecule has 2 heterocycles. The van der Waals surface area contributed by atoms with E-state index in [1.807, 2.05) is 25.4 Å². The van der Waals surface area contributed by atoms with Gasteiger partial charge in [-0.25, -0.2) is 14.8 Å². The average Bonchev–Trinajstić information content (AvgIpc) is 3.21. The van der Waals surface area contributed by atoms with Gasteiger partial charge in [0.2, 0.25) is 0 Å². The molecule has 30 heavy (non-hydrogen) atoms. The van der Waals surface area contributed by atoms with Crippen LogP contribution in [0.2, 0.25) is 0 Å². The van der Waals surface area contributed by atoms with Crippen LogP contribution in [0.1, 0.15) is 37.6 Å². The summed E-state index contributed by atoms with van der Waals surface area (Å²) in [6, 6.07) is 10.7. The van der Waals surface area contributed by atoms with E-state index in [2.05, 4.69) is 44.1 Å². The van der Waals surface area contributed by atoms with Crippen LogP contribution in [-0.2, 0) is 24.2 Å². The summed E-state index contributed by atoms with van der Waals surface area (Å²) in [5.74, 6) is 1.33. The molecule has 0 aliphatic carbocycles. The van der Waals surface area contributed by atoms with E-state index >= 15 is 0 Å². The van der Waals surface area contributed by atoms with Crippen LogP contribution < -0.4 is 11.1 Å². The standard InChI is InChI=1S/C22H32N6O2/c1-2-30-22(29)28-14-10-19(11-15-28)26-21(23)25-17-20-24-12-16-27(20)13-6-9-18-7-4-3-5-8-18/h3-5,7-8,12,16,19H,2,6,9-11,13-15,17H2,1H3,(H3,23,25,26). The fourth-order valence-corrected chi connectivity index (χ4v) is 3.63. The number of aryl methyl sites for hydroxylation is 2. The van der Waals surface area contributed by atoms with Crippen LogP contribution in [-0.4, -0.2) is 52.2 Å². The fraction of sp³-hybridized carbons (Fsp3) is 0.500. The van der Waals surface area contributed by atoms with Crippen molar-refractivity contribution in [1.82, 2.24) is 19.8 Å². The number of nitrogens with two attached hydrogens (primary N) is 1. The number of hydrogen-bond acceptors (Lipinski definition) is 4. The molecule has 8 nitrogen and oxygen atoms in total. The predicted octanol–water partition coefficient (Wildman–Crippen LogP) is 2.54. The lowest BCUT2D eigenvalue weighted by atomic mass is 10.1. The minimum atomic E-state index is -0.239. The monoisotopic (exact) mass is 412 g/mol. The van der Waals surface area contributed by atoms with E-state index in [1.54, 1.807) is 4.90 Å². The normalized spacial score (nSPS) is 15.2. The molecule has 1 aromatic carbocycles. The van der Waals surface area contributed by atoms with Crippen LogP contribution >= 0.6 is 0 Å². The topological polar surface area (TPSA) is 97.8 Å². The van der Waals surface area contributed by atoms with Gasteiger partial charge < -0.3 is 25.3 Å². The number of ether oxygens (including phenoxy) is 1. The molecule has 0 saturated carbocycles. The number of carbonyl (C=O) groups excluding carboxylic acids is 1. The Bertz CT molecular complexity index is 812. The Kier molecular flexibility index (Phi) is 8.11. The molecular weight excluding hydrogens is 380 g/mol. The van der Waals surface area contributed by atoms with Gasteiger partial charge in [-0.1, -0.05) is 30.3 Å². The Morgan fingerprint density at radius 2 is 2.07 bits per heavy atom. The van der Waals surface area contributed by atoms with Gasteiger partial charge in [-0.3, -0.25) is 0 Å². The minimum absolute atomic E-state index is 0.213. The first-order valence-corrected chi connectivity index (χ1v) is 10.7. The smallest absolute Gasteiger partial charge is 0.409 e. The van der Waals surface area contributed by atoms with E-state index in [9.17, 15) is 4.79 Å². The maximum atomic E-state index is 11.8. The number of benzene rings is 1. The van der Waals surface area contributed by atoms with Crippen molar-refractivity contribution >= 4 is 12.1 Å². The second kappa shape index (κ2) is 11.2. The number of piperidine rings is 1. The molecule has 0 unspecified atom stereocenters. The van der Waals surface area contributed by atoms with Crippen LogP contribution in [0, 0.1) is 0 Å². The highest BCUT2D eigenvalue weighted by molar-refractivity contribution is 5.78. The Morgan fingerprint density at radius 1 is 1.30 bits per heavy atom. The average molecular weight is 413 g/mol. The molecule has 1 aliphatic rings.